The van der Waals surface area contributed by atoms with E-state index in [1.807, 2.05) is 36.4 Å². The van der Waals surface area contributed by atoms with Crippen LogP contribution in [0.15, 0.2) is 95.9 Å². The topological polar surface area (TPSA) is 83.6 Å². The van der Waals surface area contributed by atoms with Crippen molar-refractivity contribution in [3.63, 3.8) is 0 Å². The van der Waals surface area contributed by atoms with E-state index in [-0.39, 0.29) is 17.2 Å². The molecule has 0 aliphatic carbocycles. The molecular formula is C23H20N2O3S. The van der Waals surface area contributed by atoms with Gasteiger partial charge in [-0.2, -0.15) is 0 Å². The molecule has 4 rings (SSSR count). The van der Waals surface area contributed by atoms with Crippen LogP contribution in [-0.4, -0.2) is 13.5 Å². The van der Waals surface area contributed by atoms with Crippen molar-refractivity contribution in [1.82, 2.24) is 0 Å². The number of nitrogens with zero attached hydrogens (tertiary/aromatic N) is 1. The molecule has 0 aliphatic rings. The van der Waals surface area contributed by atoms with Gasteiger partial charge in [-0.05, 0) is 41.3 Å². The summed E-state index contributed by atoms with van der Waals surface area (Å²) >= 11 is 0. The standard InChI is InChI=1S/C23H20N2O3S/c24-19-12-11-18-13-21(15-23(26)22(18)14-19)29(27,28)25(20-9-5-2-6-10-20)16-17-7-3-1-4-8-17/h1-15,26H,16,24H2. The number of phenolic OH excluding ortho intramolecular Hbond substituents is 1. The van der Waals surface area contributed by atoms with Crippen LogP contribution in [0.5, 0.6) is 5.75 Å². The van der Waals surface area contributed by atoms with Gasteiger partial charge >= 0.3 is 0 Å². The van der Waals surface area contributed by atoms with Crippen LogP contribution in [-0.2, 0) is 16.6 Å². The van der Waals surface area contributed by atoms with E-state index in [1.165, 1.54) is 10.4 Å². The minimum atomic E-state index is -3.93. The molecule has 3 N–H and O–H groups in total. The van der Waals surface area contributed by atoms with E-state index >= 15 is 0 Å². The lowest BCUT2D eigenvalue weighted by Crippen LogP contribution is -2.30. The molecule has 146 valence electrons. The molecule has 0 heterocycles. The van der Waals surface area contributed by atoms with Crippen molar-refractivity contribution in [2.24, 2.45) is 0 Å². The summed E-state index contributed by atoms with van der Waals surface area (Å²) in [5, 5.41) is 11.6. The summed E-state index contributed by atoms with van der Waals surface area (Å²) in [6.45, 7) is 0.174. The van der Waals surface area contributed by atoms with Gasteiger partial charge < -0.3 is 10.8 Å². The van der Waals surface area contributed by atoms with Crippen LogP contribution >= 0.6 is 0 Å². The SMILES string of the molecule is Nc1ccc2cc(S(=O)(=O)N(Cc3ccccc3)c3ccccc3)cc(O)c2c1. The van der Waals surface area contributed by atoms with Crippen LogP contribution in [0, 0.1) is 0 Å². The summed E-state index contributed by atoms with van der Waals surface area (Å²) < 4.78 is 28.5. The van der Waals surface area contributed by atoms with Crippen molar-refractivity contribution in [2.75, 3.05) is 10.0 Å². The van der Waals surface area contributed by atoms with Gasteiger partial charge in [0.15, 0.2) is 0 Å². The molecule has 0 fully saturated rings. The summed E-state index contributed by atoms with van der Waals surface area (Å²) in [7, 11) is -3.93. The molecule has 0 atom stereocenters. The Morgan fingerprint density at radius 1 is 0.828 bits per heavy atom. The van der Waals surface area contributed by atoms with Crippen LogP contribution in [0.4, 0.5) is 11.4 Å². The normalized spacial score (nSPS) is 11.4. The molecule has 0 unspecified atom stereocenters. The predicted octanol–water partition coefficient (Wildman–Crippen LogP) is 4.52. The highest BCUT2D eigenvalue weighted by Gasteiger charge is 2.26. The molecule has 0 spiro atoms. The van der Waals surface area contributed by atoms with Crippen LogP contribution in [0.2, 0.25) is 0 Å². The van der Waals surface area contributed by atoms with E-state index in [0.717, 1.165) is 5.56 Å². The van der Waals surface area contributed by atoms with Crippen molar-refractivity contribution < 1.29 is 13.5 Å². The van der Waals surface area contributed by atoms with Crippen molar-refractivity contribution >= 4 is 32.2 Å². The number of phenols is 1. The Hall–Kier alpha value is -3.51. The first-order valence-electron chi connectivity index (χ1n) is 9.09. The quantitative estimate of drug-likeness (QED) is 0.479. The minimum Gasteiger partial charge on any atom is -0.507 e. The van der Waals surface area contributed by atoms with Gasteiger partial charge in [0, 0.05) is 17.1 Å². The second-order valence-electron chi connectivity index (χ2n) is 6.76. The monoisotopic (exact) mass is 404 g/mol. The smallest absolute Gasteiger partial charge is 0.264 e. The van der Waals surface area contributed by atoms with E-state index in [0.29, 0.717) is 22.1 Å². The van der Waals surface area contributed by atoms with E-state index in [2.05, 4.69) is 0 Å². The van der Waals surface area contributed by atoms with Crippen molar-refractivity contribution in [2.45, 2.75) is 11.4 Å². The number of benzene rings is 4. The number of fused-ring (bicyclic) bond motifs is 1. The maximum atomic E-state index is 13.6. The van der Waals surface area contributed by atoms with Crippen molar-refractivity contribution in [3.05, 3.63) is 96.6 Å². The van der Waals surface area contributed by atoms with Gasteiger partial charge in [0.2, 0.25) is 0 Å². The average Bonchev–Trinajstić information content (AvgIpc) is 2.73. The van der Waals surface area contributed by atoms with Crippen LogP contribution in [0.3, 0.4) is 0 Å². The molecule has 0 aromatic heterocycles. The molecule has 4 aromatic rings. The molecule has 4 aromatic carbocycles. The lowest BCUT2D eigenvalue weighted by molar-refractivity contribution is 0.479. The Bertz CT molecular complexity index is 1260. The Kier molecular flexibility index (Phi) is 4.86. The highest BCUT2D eigenvalue weighted by atomic mass is 32.2. The molecule has 0 bridgehead atoms. The fourth-order valence-electron chi connectivity index (χ4n) is 3.26. The zero-order valence-corrected chi connectivity index (χ0v) is 16.4. The number of sulfonamides is 1. The number of rotatable bonds is 5. The molecule has 0 saturated heterocycles. The maximum Gasteiger partial charge on any atom is 0.264 e. The zero-order chi connectivity index (χ0) is 20.4. The molecule has 5 nitrogen and oxygen atoms in total. The maximum absolute atomic E-state index is 13.6. The molecule has 6 heteroatoms. The molecule has 0 aliphatic heterocycles. The number of aromatic hydroxyl groups is 1. The molecule has 29 heavy (non-hydrogen) atoms. The van der Waals surface area contributed by atoms with E-state index in [9.17, 15) is 13.5 Å². The number of hydrogen-bond acceptors (Lipinski definition) is 4. The third-order valence-corrected chi connectivity index (χ3v) is 6.48. The van der Waals surface area contributed by atoms with E-state index in [4.69, 9.17) is 5.73 Å². The van der Waals surface area contributed by atoms with Gasteiger partial charge in [0.25, 0.3) is 10.0 Å². The lowest BCUT2D eigenvalue weighted by Gasteiger charge is -2.25. The Morgan fingerprint density at radius 2 is 1.48 bits per heavy atom. The molecule has 0 saturated carbocycles. The first kappa shape index (κ1) is 18.8. The van der Waals surface area contributed by atoms with Crippen molar-refractivity contribution in [1.29, 1.82) is 0 Å². The summed E-state index contributed by atoms with van der Waals surface area (Å²) in [5.74, 6) is -0.124. The van der Waals surface area contributed by atoms with Gasteiger partial charge in [-0.25, -0.2) is 8.42 Å². The summed E-state index contributed by atoms with van der Waals surface area (Å²) in [5.41, 5.74) is 7.70. The number of nitrogens with two attached hydrogens (primary N) is 1. The highest BCUT2D eigenvalue weighted by molar-refractivity contribution is 7.92. The first-order chi connectivity index (χ1) is 13.9. The first-order valence-corrected chi connectivity index (χ1v) is 10.5. The molecular weight excluding hydrogens is 384 g/mol. The zero-order valence-electron chi connectivity index (χ0n) is 15.6. The van der Waals surface area contributed by atoms with Gasteiger partial charge in [0.1, 0.15) is 5.75 Å². The second-order valence-corrected chi connectivity index (χ2v) is 8.62. The molecule has 0 amide bonds. The van der Waals surface area contributed by atoms with Crippen LogP contribution in [0.25, 0.3) is 10.8 Å². The van der Waals surface area contributed by atoms with Gasteiger partial charge in [-0.15, -0.1) is 0 Å². The van der Waals surface area contributed by atoms with Gasteiger partial charge in [-0.1, -0.05) is 54.6 Å². The molecule has 0 radical (unpaired) electrons. The average molecular weight is 404 g/mol. The van der Waals surface area contributed by atoms with E-state index < -0.39 is 10.0 Å². The summed E-state index contributed by atoms with van der Waals surface area (Å²) in [4.78, 5) is 0.0204. The van der Waals surface area contributed by atoms with Gasteiger partial charge in [0.05, 0.1) is 17.1 Å². The fourth-order valence-corrected chi connectivity index (χ4v) is 4.77. The predicted molar refractivity (Wildman–Crippen MR) is 116 cm³/mol. The Labute approximate surface area is 169 Å². The summed E-state index contributed by atoms with van der Waals surface area (Å²) in [6.07, 6.45) is 0. The number of nitrogen functional groups attached to an aromatic ring is 1. The lowest BCUT2D eigenvalue weighted by atomic mass is 10.1. The third-order valence-electron chi connectivity index (χ3n) is 4.73. The van der Waals surface area contributed by atoms with Crippen LogP contribution < -0.4 is 10.0 Å². The number of hydrogen-bond donors (Lipinski definition) is 2. The van der Waals surface area contributed by atoms with Crippen molar-refractivity contribution in [3.8, 4) is 5.75 Å². The second kappa shape index (κ2) is 7.48. The van der Waals surface area contributed by atoms with E-state index in [1.54, 1.807) is 48.5 Å². The highest BCUT2D eigenvalue weighted by Crippen LogP contribution is 2.33. The Morgan fingerprint density at radius 3 is 2.17 bits per heavy atom. The summed E-state index contributed by atoms with van der Waals surface area (Å²) in [6, 6.07) is 26.2. The Balaban J connectivity index is 1.85. The van der Waals surface area contributed by atoms with Crippen LogP contribution in [0.1, 0.15) is 5.56 Å². The number of para-hydroxylation sites is 1. The largest absolute Gasteiger partial charge is 0.507 e. The third kappa shape index (κ3) is 3.75. The van der Waals surface area contributed by atoms with Gasteiger partial charge in [-0.3, -0.25) is 4.31 Å². The minimum absolute atomic E-state index is 0.0204. The fraction of sp³-hybridized carbons (Fsp3) is 0.0435. The number of anilines is 2.